The summed E-state index contributed by atoms with van der Waals surface area (Å²) in [4.78, 5) is 33.2. The van der Waals surface area contributed by atoms with Crippen LogP contribution in [0.2, 0.25) is 0 Å². The Balaban J connectivity index is 1.94. The topological polar surface area (TPSA) is 151 Å². The van der Waals surface area contributed by atoms with E-state index in [2.05, 4.69) is 25.9 Å². The molecule has 1 heterocycles. The number of hydrogen-bond acceptors (Lipinski definition) is 8. The van der Waals surface area contributed by atoms with Crippen LogP contribution in [-0.2, 0) is 6.42 Å². The Hall–Kier alpha value is -3.40. The van der Waals surface area contributed by atoms with Gasteiger partial charge in [-0.2, -0.15) is 0 Å². The lowest BCUT2D eigenvalue weighted by atomic mass is 9.93. The predicted molar refractivity (Wildman–Crippen MR) is 121 cm³/mol. The number of primary amides is 1. The molecule has 0 unspecified atom stereocenters. The highest BCUT2D eigenvalue weighted by Crippen LogP contribution is 2.29. The van der Waals surface area contributed by atoms with Gasteiger partial charge in [0.25, 0.3) is 11.8 Å². The Bertz CT molecular complexity index is 989. The van der Waals surface area contributed by atoms with Crippen LogP contribution in [0, 0.1) is 0 Å². The van der Waals surface area contributed by atoms with E-state index in [9.17, 15) is 14.7 Å². The highest BCUT2D eigenvalue weighted by molar-refractivity contribution is 5.98. The zero-order valence-corrected chi connectivity index (χ0v) is 18.6. The van der Waals surface area contributed by atoms with Gasteiger partial charge in [0.1, 0.15) is 11.6 Å². The molecule has 172 valence electrons. The first kappa shape index (κ1) is 23.3. The molecule has 3 rings (SSSR count). The van der Waals surface area contributed by atoms with Crippen LogP contribution in [0.5, 0.6) is 5.75 Å². The average Bonchev–Trinajstić information content (AvgIpc) is 2.79. The van der Waals surface area contributed by atoms with Crippen molar-refractivity contribution in [2.45, 2.75) is 51.2 Å². The Kier molecular flexibility index (Phi) is 7.47. The third-order valence-electron chi connectivity index (χ3n) is 5.51. The number of nitrogens with two attached hydrogens (primary N) is 1. The first-order chi connectivity index (χ1) is 15.4. The Labute approximate surface area is 187 Å². The number of aryl methyl sites for hydroxylation is 1. The standard InChI is InChI=1S/C22H30N6O4/c1-4-16-20(25-12-5-8-14(29)9-6-12)28-21(18(27-16)19(23)30)26-13-7-10-15(22(31)24-2)17(11-13)32-3/h7,10-12,14,29H,4-6,8-9H2,1-3H3,(H2,23,30)(H,24,31)(H2,25,26,28)/t12-,14-. The molecule has 0 atom stereocenters. The van der Waals surface area contributed by atoms with Gasteiger partial charge in [0.2, 0.25) is 0 Å². The number of methoxy groups -OCH3 is 1. The number of amides is 2. The van der Waals surface area contributed by atoms with E-state index >= 15 is 0 Å². The summed E-state index contributed by atoms with van der Waals surface area (Å²) in [5.41, 5.74) is 7.18. The second-order valence-electron chi connectivity index (χ2n) is 7.70. The lowest BCUT2D eigenvalue weighted by molar-refractivity contribution is 0.0958. The number of nitrogens with one attached hydrogen (secondary N) is 3. The molecule has 0 bridgehead atoms. The largest absolute Gasteiger partial charge is 0.496 e. The lowest BCUT2D eigenvalue weighted by Crippen LogP contribution is -2.29. The normalized spacial score (nSPS) is 18.0. The van der Waals surface area contributed by atoms with Crippen molar-refractivity contribution < 1.29 is 19.4 Å². The number of carbonyl (C=O) groups is 2. The van der Waals surface area contributed by atoms with Crippen molar-refractivity contribution in [1.29, 1.82) is 0 Å². The average molecular weight is 443 g/mol. The zero-order chi connectivity index (χ0) is 23.3. The molecule has 0 spiro atoms. The Morgan fingerprint density at radius 1 is 1.19 bits per heavy atom. The third-order valence-corrected chi connectivity index (χ3v) is 5.51. The summed E-state index contributed by atoms with van der Waals surface area (Å²) < 4.78 is 5.33. The SMILES string of the molecule is CCc1nc(C(N)=O)c(Nc2ccc(C(=O)NC)c(OC)c2)nc1N[C@H]1CC[C@H](O)CC1. The summed E-state index contributed by atoms with van der Waals surface area (Å²) >= 11 is 0. The quantitative estimate of drug-likeness (QED) is 0.416. The van der Waals surface area contributed by atoms with Crippen LogP contribution in [0.15, 0.2) is 18.2 Å². The number of benzene rings is 1. The number of hydrogen-bond donors (Lipinski definition) is 5. The molecule has 1 aliphatic rings. The van der Waals surface area contributed by atoms with Crippen LogP contribution >= 0.6 is 0 Å². The molecule has 2 amide bonds. The molecule has 1 aromatic heterocycles. The summed E-state index contributed by atoms with van der Waals surface area (Å²) in [5.74, 6) is 0.184. The van der Waals surface area contributed by atoms with Crippen LogP contribution in [0.1, 0.15) is 59.1 Å². The molecule has 0 saturated heterocycles. The van der Waals surface area contributed by atoms with Gasteiger partial charge in [-0.15, -0.1) is 0 Å². The molecule has 1 fully saturated rings. The van der Waals surface area contributed by atoms with Crippen molar-refractivity contribution in [3.63, 3.8) is 0 Å². The maximum Gasteiger partial charge on any atom is 0.271 e. The zero-order valence-electron chi connectivity index (χ0n) is 18.6. The molecule has 10 nitrogen and oxygen atoms in total. The van der Waals surface area contributed by atoms with Gasteiger partial charge in [-0.25, -0.2) is 9.97 Å². The smallest absolute Gasteiger partial charge is 0.271 e. The molecular formula is C22H30N6O4. The number of aromatic nitrogens is 2. The van der Waals surface area contributed by atoms with Crippen LogP contribution in [0.3, 0.4) is 0 Å². The van der Waals surface area contributed by atoms with Crippen molar-refractivity contribution >= 4 is 29.1 Å². The number of carbonyl (C=O) groups excluding carboxylic acids is 2. The van der Waals surface area contributed by atoms with Crippen LogP contribution in [-0.4, -0.2) is 53.2 Å². The van der Waals surface area contributed by atoms with Crippen molar-refractivity contribution in [3.8, 4) is 5.75 Å². The van der Waals surface area contributed by atoms with Gasteiger partial charge in [0.05, 0.1) is 24.5 Å². The minimum Gasteiger partial charge on any atom is -0.496 e. The van der Waals surface area contributed by atoms with E-state index in [-0.39, 0.29) is 29.6 Å². The second kappa shape index (κ2) is 10.3. The minimum absolute atomic E-state index is 0.0285. The van der Waals surface area contributed by atoms with E-state index in [1.54, 1.807) is 25.2 Å². The van der Waals surface area contributed by atoms with Crippen LogP contribution in [0.4, 0.5) is 17.3 Å². The molecule has 2 aromatic rings. The number of rotatable bonds is 8. The molecule has 1 saturated carbocycles. The fourth-order valence-electron chi connectivity index (χ4n) is 3.73. The minimum atomic E-state index is -0.698. The number of ether oxygens (including phenoxy) is 1. The molecule has 0 aliphatic heterocycles. The summed E-state index contributed by atoms with van der Waals surface area (Å²) in [6.07, 6.45) is 3.42. The first-order valence-corrected chi connectivity index (χ1v) is 10.7. The maximum atomic E-state index is 12.1. The van der Waals surface area contributed by atoms with E-state index in [1.165, 1.54) is 7.11 Å². The predicted octanol–water partition coefficient (Wildman–Crippen LogP) is 1.97. The molecule has 32 heavy (non-hydrogen) atoms. The van der Waals surface area contributed by atoms with E-state index in [0.29, 0.717) is 34.9 Å². The van der Waals surface area contributed by atoms with E-state index in [1.807, 2.05) is 6.92 Å². The molecule has 1 aliphatic carbocycles. The van der Waals surface area contributed by atoms with Gasteiger partial charge >= 0.3 is 0 Å². The lowest BCUT2D eigenvalue weighted by Gasteiger charge is -2.27. The van der Waals surface area contributed by atoms with Gasteiger partial charge in [-0.05, 0) is 44.2 Å². The number of anilines is 3. The van der Waals surface area contributed by atoms with Gasteiger partial charge < -0.3 is 31.5 Å². The number of aliphatic hydroxyl groups is 1. The van der Waals surface area contributed by atoms with E-state index < -0.39 is 5.91 Å². The molecule has 1 aromatic carbocycles. The third kappa shape index (κ3) is 5.25. The molecular weight excluding hydrogens is 412 g/mol. The molecule has 0 radical (unpaired) electrons. The summed E-state index contributed by atoms with van der Waals surface area (Å²) in [6.45, 7) is 1.93. The van der Waals surface area contributed by atoms with Gasteiger partial charge in [-0.1, -0.05) is 6.92 Å². The van der Waals surface area contributed by atoms with Crippen LogP contribution in [0.25, 0.3) is 0 Å². The van der Waals surface area contributed by atoms with Gasteiger partial charge in [-0.3, -0.25) is 9.59 Å². The first-order valence-electron chi connectivity index (χ1n) is 10.7. The van der Waals surface area contributed by atoms with Crippen molar-refractivity contribution in [3.05, 3.63) is 35.2 Å². The van der Waals surface area contributed by atoms with Crippen molar-refractivity contribution in [1.82, 2.24) is 15.3 Å². The molecule has 10 heteroatoms. The fraction of sp³-hybridized carbons (Fsp3) is 0.455. The molecule has 6 N–H and O–H groups in total. The number of nitrogens with zero attached hydrogens (tertiary/aromatic N) is 2. The highest BCUT2D eigenvalue weighted by atomic mass is 16.5. The van der Waals surface area contributed by atoms with Crippen molar-refractivity contribution in [2.24, 2.45) is 5.73 Å². The Morgan fingerprint density at radius 3 is 2.50 bits per heavy atom. The van der Waals surface area contributed by atoms with Gasteiger partial charge in [0.15, 0.2) is 11.5 Å². The monoisotopic (exact) mass is 442 g/mol. The maximum absolute atomic E-state index is 12.1. The van der Waals surface area contributed by atoms with Gasteiger partial charge in [0, 0.05) is 24.8 Å². The fourth-order valence-corrected chi connectivity index (χ4v) is 3.73. The highest BCUT2D eigenvalue weighted by Gasteiger charge is 2.23. The Morgan fingerprint density at radius 2 is 1.91 bits per heavy atom. The van der Waals surface area contributed by atoms with Crippen molar-refractivity contribution in [2.75, 3.05) is 24.8 Å². The van der Waals surface area contributed by atoms with E-state index in [4.69, 9.17) is 10.5 Å². The van der Waals surface area contributed by atoms with Crippen LogP contribution < -0.4 is 26.4 Å². The number of aliphatic hydroxyl groups excluding tert-OH is 1. The summed E-state index contributed by atoms with van der Waals surface area (Å²) in [5, 5.41) is 18.8. The second-order valence-corrected chi connectivity index (χ2v) is 7.70. The summed E-state index contributed by atoms with van der Waals surface area (Å²) in [6, 6.07) is 5.10. The summed E-state index contributed by atoms with van der Waals surface area (Å²) in [7, 11) is 3.01. The van der Waals surface area contributed by atoms with E-state index in [0.717, 1.165) is 25.7 Å².